The van der Waals surface area contributed by atoms with E-state index in [4.69, 9.17) is 0 Å². The summed E-state index contributed by atoms with van der Waals surface area (Å²) in [7, 11) is 0. The van der Waals surface area contributed by atoms with Crippen molar-refractivity contribution in [1.82, 2.24) is 4.90 Å². The lowest BCUT2D eigenvalue weighted by molar-refractivity contribution is -0.152. The second kappa shape index (κ2) is 5.75. The quantitative estimate of drug-likeness (QED) is 0.784. The molecule has 0 aromatic rings. The summed E-state index contributed by atoms with van der Waals surface area (Å²) in [4.78, 5) is 13.6. The fraction of sp³-hybridized carbons (Fsp3) is 0.800. The summed E-state index contributed by atoms with van der Waals surface area (Å²) in [5.41, 5.74) is -0.446. The highest BCUT2D eigenvalue weighted by Crippen LogP contribution is 2.34. The maximum absolute atomic E-state index is 11.3. The first-order valence-corrected chi connectivity index (χ1v) is 6.75. The Morgan fingerprint density at radius 2 is 1.89 bits per heavy atom. The summed E-state index contributed by atoms with van der Waals surface area (Å²) in [5.74, 6) is 5.78. The first kappa shape index (κ1) is 15.0. The lowest BCUT2D eigenvalue weighted by Crippen LogP contribution is -2.44. The first-order chi connectivity index (χ1) is 8.29. The molecule has 0 aromatic carbocycles. The van der Waals surface area contributed by atoms with Crippen LogP contribution in [-0.4, -0.2) is 35.6 Å². The minimum Gasteiger partial charge on any atom is -0.481 e. The molecule has 1 aliphatic rings. The van der Waals surface area contributed by atoms with Gasteiger partial charge < -0.3 is 5.11 Å². The van der Waals surface area contributed by atoms with Crippen molar-refractivity contribution in [1.29, 1.82) is 0 Å². The van der Waals surface area contributed by atoms with Gasteiger partial charge in [-0.15, -0.1) is 0 Å². The van der Waals surface area contributed by atoms with E-state index in [1.807, 2.05) is 6.92 Å². The minimum atomic E-state index is -0.634. The Bertz CT molecular complexity index is 349. The molecule has 3 heteroatoms. The van der Waals surface area contributed by atoms with Crippen molar-refractivity contribution in [2.75, 3.05) is 19.6 Å². The largest absolute Gasteiger partial charge is 0.481 e. The molecule has 102 valence electrons. The molecule has 0 amide bonds. The molecule has 0 bridgehead atoms. The van der Waals surface area contributed by atoms with Gasteiger partial charge in [-0.1, -0.05) is 18.8 Å². The van der Waals surface area contributed by atoms with Crippen molar-refractivity contribution in [3.8, 4) is 11.8 Å². The van der Waals surface area contributed by atoms with Gasteiger partial charge in [-0.25, -0.2) is 0 Å². The second-order valence-electron chi connectivity index (χ2n) is 6.27. The van der Waals surface area contributed by atoms with Crippen LogP contribution in [-0.2, 0) is 4.79 Å². The highest BCUT2D eigenvalue weighted by Gasteiger charge is 2.39. The maximum Gasteiger partial charge on any atom is 0.309 e. The smallest absolute Gasteiger partial charge is 0.309 e. The molecular formula is C15H25NO2. The monoisotopic (exact) mass is 251 g/mol. The van der Waals surface area contributed by atoms with Crippen molar-refractivity contribution in [2.24, 2.45) is 10.8 Å². The number of aliphatic carboxylic acids is 1. The fourth-order valence-electron chi connectivity index (χ4n) is 2.27. The molecule has 1 heterocycles. The minimum absolute atomic E-state index is 0.0457. The molecule has 0 atom stereocenters. The Balaban J connectivity index is 2.49. The van der Waals surface area contributed by atoms with Gasteiger partial charge in [0.15, 0.2) is 0 Å². The van der Waals surface area contributed by atoms with Crippen LogP contribution in [0.2, 0.25) is 0 Å². The third-order valence-electron chi connectivity index (χ3n) is 3.71. The Kier molecular flexibility index (Phi) is 4.81. The molecule has 18 heavy (non-hydrogen) atoms. The molecule has 0 radical (unpaired) electrons. The van der Waals surface area contributed by atoms with Crippen molar-refractivity contribution in [2.45, 2.75) is 47.0 Å². The van der Waals surface area contributed by atoms with E-state index in [1.165, 1.54) is 0 Å². The summed E-state index contributed by atoms with van der Waals surface area (Å²) < 4.78 is 0. The van der Waals surface area contributed by atoms with Crippen LogP contribution in [0.4, 0.5) is 0 Å². The zero-order valence-electron chi connectivity index (χ0n) is 12.0. The van der Waals surface area contributed by atoms with Crippen LogP contribution in [0.25, 0.3) is 0 Å². The van der Waals surface area contributed by atoms with E-state index < -0.39 is 11.4 Å². The Morgan fingerprint density at radius 1 is 1.33 bits per heavy atom. The summed E-state index contributed by atoms with van der Waals surface area (Å²) in [6.45, 7) is 10.7. The van der Waals surface area contributed by atoms with Crippen LogP contribution in [0.1, 0.15) is 47.0 Å². The summed E-state index contributed by atoms with van der Waals surface area (Å²) in [6, 6.07) is 0. The normalized spacial score (nSPS) is 20.0. The topological polar surface area (TPSA) is 40.5 Å². The Hall–Kier alpha value is -1.01. The van der Waals surface area contributed by atoms with Crippen LogP contribution < -0.4 is 0 Å². The number of nitrogens with zero attached hydrogens (tertiary/aromatic N) is 1. The van der Waals surface area contributed by atoms with Crippen LogP contribution >= 0.6 is 0 Å². The van der Waals surface area contributed by atoms with Crippen molar-refractivity contribution >= 4 is 5.97 Å². The van der Waals surface area contributed by atoms with Crippen molar-refractivity contribution in [3.63, 3.8) is 0 Å². The van der Waals surface area contributed by atoms with E-state index in [9.17, 15) is 9.90 Å². The zero-order chi connectivity index (χ0) is 13.8. The van der Waals surface area contributed by atoms with E-state index in [1.54, 1.807) is 0 Å². The van der Waals surface area contributed by atoms with E-state index in [0.29, 0.717) is 0 Å². The SMILES string of the molecule is CCC1(C(=O)O)CCN(CC#CC(C)(C)C)CC1. The predicted molar refractivity (Wildman–Crippen MR) is 73.3 cm³/mol. The van der Waals surface area contributed by atoms with E-state index in [-0.39, 0.29) is 5.41 Å². The van der Waals surface area contributed by atoms with Crippen LogP contribution in [0.3, 0.4) is 0 Å². The average molecular weight is 251 g/mol. The Labute approximate surface area is 111 Å². The van der Waals surface area contributed by atoms with E-state index in [0.717, 1.165) is 38.9 Å². The van der Waals surface area contributed by atoms with E-state index in [2.05, 4.69) is 37.5 Å². The number of likely N-dealkylation sites (tertiary alicyclic amines) is 1. The molecule has 1 fully saturated rings. The second-order valence-corrected chi connectivity index (χ2v) is 6.27. The highest BCUT2D eigenvalue weighted by molar-refractivity contribution is 5.74. The third kappa shape index (κ3) is 4.03. The van der Waals surface area contributed by atoms with Gasteiger partial charge in [-0.3, -0.25) is 9.69 Å². The number of carboxylic acids is 1. The van der Waals surface area contributed by atoms with Gasteiger partial charge in [-0.05, 0) is 40.0 Å². The molecule has 0 spiro atoms. The number of rotatable bonds is 3. The highest BCUT2D eigenvalue weighted by atomic mass is 16.4. The number of carbonyl (C=O) groups is 1. The third-order valence-corrected chi connectivity index (χ3v) is 3.71. The molecular weight excluding hydrogens is 226 g/mol. The molecule has 0 unspecified atom stereocenters. The van der Waals surface area contributed by atoms with Crippen molar-refractivity contribution < 1.29 is 9.90 Å². The van der Waals surface area contributed by atoms with Gasteiger partial charge in [-0.2, -0.15) is 0 Å². The molecule has 1 rings (SSSR count). The lowest BCUT2D eigenvalue weighted by atomic mass is 9.76. The summed E-state index contributed by atoms with van der Waals surface area (Å²) in [6.07, 6.45) is 2.22. The van der Waals surface area contributed by atoms with Gasteiger partial charge >= 0.3 is 5.97 Å². The van der Waals surface area contributed by atoms with Gasteiger partial charge in [0, 0.05) is 18.5 Å². The van der Waals surface area contributed by atoms with Crippen molar-refractivity contribution in [3.05, 3.63) is 0 Å². The Morgan fingerprint density at radius 3 is 2.28 bits per heavy atom. The first-order valence-electron chi connectivity index (χ1n) is 6.75. The average Bonchev–Trinajstić information content (AvgIpc) is 2.28. The molecule has 0 aromatic heterocycles. The zero-order valence-corrected chi connectivity index (χ0v) is 12.0. The molecule has 3 nitrogen and oxygen atoms in total. The van der Waals surface area contributed by atoms with Crippen LogP contribution in [0.5, 0.6) is 0 Å². The standard InChI is InChI=1S/C15H25NO2/c1-5-15(13(17)18)8-11-16(12-9-15)10-6-7-14(2,3)4/h5,8-12H2,1-4H3,(H,17,18). The molecule has 0 aliphatic carbocycles. The van der Waals surface area contributed by atoms with Gasteiger partial charge in [0.25, 0.3) is 0 Å². The van der Waals surface area contributed by atoms with Crippen LogP contribution in [0.15, 0.2) is 0 Å². The number of hydrogen-bond donors (Lipinski definition) is 1. The molecule has 1 aliphatic heterocycles. The van der Waals surface area contributed by atoms with Gasteiger partial charge in [0.1, 0.15) is 0 Å². The lowest BCUT2D eigenvalue weighted by Gasteiger charge is -2.37. The van der Waals surface area contributed by atoms with Gasteiger partial charge in [0.05, 0.1) is 12.0 Å². The number of piperidine rings is 1. The van der Waals surface area contributed by atoms with Gasteiger partial charge in [0.2, 0.25) is 0 Å². The maximum atomic E-state index is 11.3. The summed E-state index contributed by atoms with van der Waals surface area (Å²) >= 11 is 0. The summed E-state index contributed by atoms with van der Waals surface area (Å²) in [5, 5.41) is 9.31. The fourth-order valence-corrected chi connectivity index (χ4v) is 2.27. The number of carboxylic acid groups (broad SMARTS) is 1. The number of hydrogen-bond acceptors (Lipinski definition) is 2. The molecule has 1 saturated heterocycles. The molecule has 0 saturated carbocycles. The van der Waals surface area contributed by atoms with E-state index >= 15 is 0 Å². The molecule has 1 N–H and O–H groups in total. The predicted octanol–water partition coefficient (Wildman–Crippen LogP) is 2.61. The van der Waals surface area contributed by atoms with Crippen LogP contribution in [0, 0.1) is 22.7 Å².